The van der Waals surface area contributed by atoms with Gasteiger partial charge in [-0.15, -0.1) is 0 Å². The molecule has 1 aromatic rings. The minimum absolute atomic E-state index is 0. The minimum atomic E-state index is -0.638. The van der Waals surface area contributed by atoms with E-state index in [-0.39, 0.29) is 9.41 Å². The van der Waals surface area contributed by atoms with Gasteiger partial charge in [0.2, 0.25) is 0 Å². The van der Waals surface area contributed by atoms with E-state index in [1.807, 2.05) is 0 Å². The summed E-state index contributed by atoms with van der Waals surface area (Å²) in [6.07, 6.45) is 1.27. The Morgan fingerprint density at radius 3 is 1.77 bits per heavy atom. The normalized spacial score (nSPS) is 9.77. The van der Waals surface area contributed by atoms with Crippen LogP contribution in [0.2, 0.25) is 0 Å². The van der Waals surface area contributed by atoms with Crippen LogP contribution in [0.3, 0.4) is 0 Å². The molecule has 1 rings (SSSR count). The Morgan fingerprint density at radius 1 is 0.923 bits per heavy atom. The lowest BCUT2D eigenvalue weighted by Crippen LogP contribution is -1.90. The molecule has 0 aliphatic heterocycles. The average molecular weight is 207 g/mol. The first-order valence-corrected chi connectivity index (χ1v) is 7.24. The van der Waals surface area contributed by atoms with Crippen LogP contribution in [0.4, 0.5) is 9.41 Å². The largest absolute Gasteiger partial charge is 0.269 e. The van der Waals surface area contributed by atoms with E-state index in [4.69, 9.17) is 0 Å². The molecule has 0 aromatic heterocycles. The smallest absolute Gasteiger partial charge is 0.0834 e. The van der Waals surface area contributed by atoms with Crippen LogP contribution < -0.4 is 0 Å². The molecule has 0 nitrogen and oxygen atoms in total. The molecule has 0 radical (unpaired) electrons. The number of halogens is 2. The Morgan fingerprint density at radius 2 is 1.38 bits per heavy atom. The second kappa shape index (κ2) is 6.04. The molecule has 0 unspecified atom stereocenters. The van der Waals surface area contributed by atoms with Gasteiger partial charge in [0.1, 0.15) is 0 Å². The van der Waals surface area contributed by atoms with Crippen molar-refractivity contribution in [2.24, 2.45) is 0 Å². The number of hydrogen-bond acceptors (Lipinski definition) is 0. The first-order valence-electron chi connectivity index (χ1n) is 3.92. The van der Waals surface area contributed by atoms with Crippen LogP contribution in [0.15, 0.2) is 30.3 Å². The van der Waals surface area contributed by atoms with Crippen molar-refractivity contribution in [1.82, 2.24) is 0 Å². The van der Waals surface area contributed by atoms with E-state index in [1.54, 1.807) is 0 Å². The number of hydrogen-bond donors (Lipinski definition) is 0. The van der Waals surface area contributed by atoms with Crippen LogP contribution in [0.5, 0.6) is 0 Å². The van der Waals surface area contributed by atoms with Gasteiger partial charge in [-0.1, -0.05) is 30.3 Å². The van der Waals surface area contributed by atoms with Crippen LogP contribution in [-0.4, -0.2) is 20.0 Å². The third-order valence-corrected chi connectivity index (χ3v) is 2.81. The SMILES string of the molecule is C[P+](C)(C)Cc1ccccc1.F.F. The molecule has 0 saturated carbocycles. The summed E-state index contributed by atoms with van der Waals surface area (Å²) in [6.45, 7) is 7.12. The lowest BCUT2D eigenvalue weighted by atomic mass is 10.2. The van der Waals surface area contributed by atoms with Crippen molar-refractivity contribution < 1.29 is 9.41 Å². The topological polar surface area (TPSA) is 0 Å². The van der Waals surface area contributed by atoms with Gasteiger partial charge in [-0.25, -0.2) is 0 Å². The predicted molar refractivity (Wildman–Crippen MR) is 59.8 cm³/mol. The third kappa shape index (κ3) is 6.65. The van der Waals surface area contributed by atoms with Crippen molar-refractivity contribution in [3.8, 4) is 0 Å². The van der Waals surface area contributed by atoms with Crippen LogP contribution in [0.25, 0.3) is 0 Å². The number of rotatable bonds is 2. The quantitative estimate of drug-likeness (QED) is 0.652. The maximum absolute atomic E-state index is 2.38. The van der Waals surface area contributed by atoms with E-state index in [0.29, 0.717) is 0 Å². The van der Waals surface area contributed by atoms with Crippen LogP contribution in [0.1, 0.15) is 5.56 Å². The third-order valence-electron chi connectivity index (χ3n) is 1.50. The summed E-state index contributed by atoms with van der Waals surface area (Å²) in [5.74, 6) is 0. The Labute approximate surface area is 79.4 Å². The molecule has 0 heterocycles. The fraction of sp³-hybridized carbons (Fsp3) is 0.400. The summed E-state index contributed by atoms with van der Waals surface area (Å²) < 4.78 is 0. The summed E-state index contributed by atoms with van der Waals surface area (Å²) in [5.41, 5.74) is 1.48. The van der Waals surface area contributed by atoms with Gasteiger partial charge in [-0.05, 0) is 5.56 Å². The molecule has 0 N–H and O–H groups in total. The standard InChI is InChI=1S/C10H16P.2FH/c1-11(2,3)9-10-7-5-4-6-8-10;;/h4-8H,9H2,1-3H3;2*1H/q+1;;. The molecular formula is C10H18F2P+. The average Bonchev–Trinajstić information content (AvgIpc) is 1.85. The van der Waals surface area contributed by atoms with E-state index >= 15 is 0 Å². The molecule has 0 saturated heterocycles. The molecule has 0 spiro atoms. The van der Waals surface area contributed by atoms with Crippen LogP contribution >= 0.6 is 7.26 Å². The highest BCUT2D eigenvalue weighted by molar-refractivity contribution is 7.72. The Bertz CT molecular complexity index is 216. The second-order valence-electron chi connectivity index (χ2n) is 3.93. The zero-order chi connectivity index (χ0) is 8.32. The highest BCUT2D eigenvalue weighted by Crippen LogP contribution is 2.49. The molecule has 0 aliphatic rings. The van der Waals surface area contributed by atoms with Crippen LogP contribution in [-0.2, 0) is 6.16 Å². The molecular weight excluding hydrogens is 189 g/mol. The van der Waals surface area contributed by atoms with Gasteiger partial charge in [0.15, 0.2) is 0 Å². The second-order valence-corrected chi connectivity index (χ2v) is 8.83. The zero-order valence-electron chi connectivity index (χ0n) is 8.36. The first-order chi connectivity index (χ1) is 5.08. The molecule has 0 atom stereocenters. The molecule has 0 bridgehead atoms. The summed E-state index contributed by atoms with van der Waals surface area (Å²) in [7, 11) is -0.638. The van der Waals surface area contributed by atoms with Gasteiger partial charge >= 0.3 is 0 Å². The lowest BCUT2D eigenvalue weighted by molar-refractivity contribution is 1.11. The van der Waals surface area contributed by atoms with Gasteiger partial charge in [-0.3, -0.25) is 9.41 Å². The van der Waals surface area contributed by atoms with Crippen molar-refractivity contribution in [3.63, 3.8) is 0 Å². The summed E-state index contributed by atoms with van der Waals surface area (Å²) in [5, 5.41) is 0. The van der Waals surface area contributed by atoms with Crippen LogP contribution in [0, 0.1) is 0 Å². The maximum atomic E-state index is 2.38. The van der Waals surface area contributed by atoms with Crippen molar-refractivity contribution >= 4 is 7.26 Å². The molecule has 1 aromatic carbocycles. The van der Waals surface area contributed by atoms with Gasteiger partial charge < -0.3 is 0 Å². The molecule has 0 fully saturated rings. The van der Waals surface area contributed by atoms with Gasteiger partial charge in [0.05, 0.1) is 6.16 Å². The van der Waals surface area contributed by atoms with E-state index in [9.17, 15) is 0 Å². The van der Waals surface area contributed by atoms with Crippen molar-refractivity contribution in [2.75, 3.05) is 20.0 Å². The molecule has 13 heavy (non-hydrogen) atoms. The van der Waals surface area contributed by atoms with E-state index in [0.717, 1.165) is 0 Å². The number of benzene rings is 1. The Kier molecular flexibility index (Phi) is 6.97. The van der Waals surface area contributed by atoms with E-state index in [1.165, 1.54) is 11.7 Å². The van der Waals surface area contributed by atoms with Crippen molar-refractivity contribution in [2.45, 2.75) is 6.16 Å². The van der Waals surface area contributed by atoms with Crippen molar-refractivity contribution in [1.29, 1.82) is 0 Å². The van der Waals surface area contributed by atoms with Gasteiger partial charge in [-0.2, -0.15) is 0 Å². The fourth-order valence-corrected chi connectivity index (χ4v) is 2.44. The van der Waals surface area contributed by atoms with E-state index in [2.05, 4.69) is 50.3 Å². The summed E-state index contributed by atoms with van der Waals surface area (Å²) in [6, 6.07) is 10.7. The summed E-state index contributed by atoms with van der Waals surface area (Å²) >= 11 is 0. The molecule has 3 heteroatoms. The van der Waals surface area contributed by atoms with Crippen molar-refractivity contribution in [3.05, 3.63) is 35.9 Å². The monoisotopic (exact) mass is 207 g/mol. The maximum Gasteiger partial charge on any atom is 0.0834 e. The molecule has 0 aliphatic carbocycles. The van der Waals surface area contributed by atoms with Gasteiger partial charge in [0, 0.05) is 27.3 Å². The Balaban J connectivity index is 0. The lowest BCUT2D eigenvalue weighted by Gasteiger charge is -2.10. The van der Waals surface area contributed by atoms with E-state index < -0.39 is 7.26 Å². The fourth-order valence-electron chi connectivity index (χ4n) is 1.13. The summed E-state index contributed by atoms with van der Waals surface area (Å²) in [4.78, 5) is 0. The zero-order valence-corrected chi connectivity index (χ0v) is 9.25. The Hall–Kier alpha value is -0.490. The first kappa shape index (κ1) is 15.0. The van der Waals surface area contributed by atoms with Gasteiger partial charge in [0.25, 0.3) is 0 Å². The minimum Gasteiger partial charge on any atom is -0.269 e. The predicted octanol–water partition coefficient (Wildman–Crippen LogP) is 3.40. The highest BCUT2D eigenvalue weighted by Gasteiger charge is 2.16. The molecule has 0 amide bonds. The molecule has 76 valence electrons. The highest BCUT2D eigenvalue weighted by atomic mass is 31.2.